The normalized spacial score (nSPS) is 19.7. The summed E-state index contributed by atoms with van der Waals surface area (Å²) in [5.74, 6) is -1.46. The highest BCUT2D eigenvalue weighted by molar-refractivity contribution is 7.89. The van der Waals surface area contributed by atoms with E-state index in [1.54, 1.807) is 29.2 Å². The van der Waals surface area contributed by atoms with Crippen molar-refractivity contribution >= 4 is 21.9 Å². The fourth-order valence-electron chi connectivity index (χ4n) is 3.63. The molecule has 7 nitrogen and oxygen atoms in total. The van der Waals surface area contributed by atoms with Crippen molar-refractivity contribution in [3.05, 3.63) is 65.5 Å². The van der Waals surface area contributed by atoms with E-state index < -0.39 is 27.9 Å². The molecular weight excluding hydrogens is 399 g/mol. The van der Waals surface area contributed by atoms with E-state index >= 15 is 0 Å². The first-order chi connectivity index (χ1) is 13.9. The molecule has 0 N–H and O–H groups in total. The fourth-order valence-corrected chi connectivity index (χ4v) is 5.12. The average molecular weight is 418 g/mol. The summed E-state index contributed by atoms with van der Waals surface area (Å²) < 4.78 is 45.7. The summed E-state index contributed by atoms with van der Waals surface area (Å²) in [4.78, 5) is 25.7. The minimum Gasteiger partial charge on any atom is -0.453 e. The lowest BCUT2D eigenvalue weighted by Gasteiger charge is -2.34. The maximum atomic E-state index is 13.9. The van der Waals surface area contributed by atoms with Crippen LogP contribution in [0.3, 0.4) is 0 Å². The number of carbonyl (C=O) groups is 2. The van der Waals surface area contributed by atoms with Gasteiger partial charge in [-0.25, -0.2) is 17.6 Å². The van der Waals surface area contributed by atoms with Gasteiger partial charge in [0.05, 0.1) is 12.0 Å². The number of carbonyl (C=O) groups excluding carboxylic acids is 2. The molecule has 0 spiro atoms. The molecule has 0 saturated carbocycles. The second-order valence-corrected chi connectivity index (χ2v) is 8.81. The Bertz CT molecular complexity index is 1060. The lowest BCUT2D eigenvalue weighted by atomic mass is 10.0. The lowest BCUT2D eigenvalue weighted by molar-refractivity contribution is -0.134. The number of amides is 1. The molecule has 4 rings (SSSR count). The second-order valence-electron chi connectivity index (χ2n) is 6.90. The van der Waals surface area contributed by atoms with Gasteiger partial charge in [-0.05, 0) is 18.2 Å². The maximum absolute atomic E-state index is 13.9. The van der Waals surface area contributed by atoms with Gasteiger partial charge in [0.15, 0.2) is 0 Å². The Morgan fingerprint density at radius 1 is 1.03 bits per heavy atom. The molecule has 2 heterocycles. The minimum absolute atomic E-state index is 0.00279. The zero-order valence-corrected chi connectivity index (χ0v) is 16.3. The Kier molecular flexibility index (Phi) is 5.10. The van der Waals surface area contributed by atoms with Crippen LogP contribution in [0.5, 0.6) is 0 Å². The molecule has 2 aliphatic heterocycles. The summed E-state index contributed by atoms with van der Waals surface area (Å²) in [6.07, 6.45) is -0.630. The molecule has 9 heteroatoms. The molecule has 152 valence electrons. The van der Waals surface area contributed by atoms with Gasteiger partial charge in [-0.3, -0.25) is 4.79 Å². The Morgan fingerprint density at radius 3 is 2.41 bits per heavy atom. The summed E-state index contributed by atoms with van der Waals surface area (Å²) in [5.41, 5.74) is 1.15. The number of esters is 1. The number of hydrogen-bond acceptors (Lipinski definition) is 5. The Balaban J connectivity index is 1.40. The van der Waals surface area contributed by atoms with Gasteiger partial charge in [0.25, 0.3) is 0 Å². The summed E-state index contributed by atoms with van der Waals surface area (Å²) in [6.45, 7) is 0.524. The van der Waals surface area contributed by atoms with Crippen molar-refractivity contribution in [2.24, 2.45) is 0 Å². The van der Waals surface area contributed by atoms with Crippen LogP contribution in [-0.4, -0.2) is 55.7 Å². The van der Waals surface area contributed by atoms with E-state index in [4.69, 9.17) is 4.74 Å². The first-order valence-electron chi connectivity index (χ1n) is 9.20. The van der Waals surface area contributed by atoms with Crippen molar-refractivity contribution < 1.29 is 27.1 Å². The zero-order chi connectivity index (χ0) is 20.6. The van der Waals surface area contributed by atoms with Crippen LogP contribution in [0.2, 0.25) is 0 Å². The van der Waals surface area contributed by atoms with Crippen molar-refractivity contribution in [3.8, 4) is 0 Å². The van der Waals surface area contributed by atoms with Crippen LogP contribution in [0.25, 0.3) is 0 Å². The number of cyclic esters (lactones) is 1. The van der Waals surface area contributed by atoms with E-state index in [1.165, 1.54) is 22.5 Å². The van der Waals surface area contributed by atoms with E-state index in [-0.39, 0.29) is 43.4 Å². The average Bonchev–Trinajstić information content (AvgIpc) is 3.04. The van der Waals surface area contributed by atoms with Crippen LogP contribution in [0.1, 0.15) is 28.4 Å². The molecule has 2 aromatic rings. The van der Waals surface area contributed by atoms with Crippen LogP contribution >= 0.6 is 0 Å². The maximum Gasteiger partial charge on any atom is 0.339 e. The van der Waals surface area contributed by atoms with Crippen molar-refractivity contribution in [1.29, 1.82) is 0 Å². The van der Waals surface area contributed by atoms with E-state index in [0.29, 0.717) is 11.1 Å². The number of nitrogens with zero attached hydrogens (tertiary/aromatic N) is 2. The van der Waals surface area contributed by atoms with Crippen LogP contribution < -0.4 is 0 Å². The monoisotopic (exact) mass is 418 g/mol. The number of rotatable bonds is 4. The molecule has 2 aliphatic rings. The fraction of sp³-hybridized carbons (Fsp3) is 0.300. The van der Waals surface area contributed by atoms with Crippen molar-refractivity contribution in [1.82, 2.24) is 9.21 Å². The molecule has 29 heavy (non-hydrogen) atoms. The predicted octanol–water partition coefficient (Wildman–Crippen LogP) is 1.96. The quantitative estimate of drug-likeness (QED) is 0.709. The summed E-state index contributed by atoms with van der Waals surface area (Å²) >= 11 is 0. The highest BCUT2D eigenvalue weighted by atomic mass is 32.2. The highest BCUT2D eigenvalue weighted by Gasteiger charge is 2.35. The summed E-state index contributed by atoms with van der Waals surface area (Å²) in [7, 11) is -3.96. The SMILES string of the molecule is O=C1O[C@@H](CC(=O)N2CCN(S(=O)(=O)c3ccccc3F)CC2)c2ccccc21. The molecule has 0 unspecified atom stereocenters. The Hall–Kier alpha value is -2.78. The van der Waals surface area contributed by atoms with Crippen molar-refractivity contribution in [2.75, 3.05) is 26.2 Å². The number of benzene rings is 2. The number of hydrogen-bond donors (Lipinski definition) is 0. The van der Waals surface area contributed by atoms with Crippen LogP contribution in [0, 0.1) is 5.82 Å². The lowest BCUT2D eigenvalue weighted by Crippen LogP contribution is -2.50. The van der Waals surface area contributed by atoms with Gasteiger partial charge in [-0.2, -0.15) is 4.31 Å². The first-order valence-corrected chi connectivity index (χ1v) is 10.6. The van der Waals surface area contributed by atoms with Crippen molar-refractivity contribution in [2.45, 2.75) is 17.4 Å². The van der Waals surface area contributed by atoms with E-state index in [2.05, 4.69) is 0 Å². The van der Waals surface area contributed by atoms with Crippen molar-refractivity contribution in [3.63, 3.8) is 0 Å². The molecular formula is C20H19FN2O5S. The summed E-state index contributed by atoms with van der Waals surface area (Å²) in [5, 5.41) is 0. The van der Waals surface area contributed by atoms with Gasteiger partial charge in [0, 0.05) is 31.7 Å². The van der Waals surface area contributed by atoms with Gasteiger partial charge >= 0.3 is 5.97 Å². The number of halogens is 1. The first kappa shape index (κ1) is 19.5. The highest BCUT2D eigenvalue weighted by Crippen LogP contribution is 2.33. The van der Waals surface area contributed by atoms with Crippen LogP contribution in [0.15, 0.2) is 53.4 Å². The molecule has 1 atom stereocenters. The molecule has 0 radical (unpaired) electrons. The van der Waals surface area contributed by atoms with Crippen LogP contribution in [-0.2, 0) is 19.6 Å². The Morgan fingerprint density at radius 2 is 1.69 bits per heavy atom. The molecule has 0 aromatic heterocycles. The van der Waals surface area contributed by atoms with Gasteiger partial charge in [-0.1, -0.05) is 30.3 Å². The van der Waals surface area contributed by atoms with Gasteiger partial charge in [-0.15, -0.1) is 0 Å². The number of fused-ring (bicyclic) bond motifs is 1. The van der Waals surface area contributed by atoms with E-state index in [9.17, 15) is 22.4 Å². The van der Waals surface area contributed by atoms with Gasteiger partial charge in [0.2, 0.25) is 15.9 Å². The third-order valence-electron chi connectivity index (χ3n) is 5.18. The minimum atomic E-state index is -3.96. The van der Waals surface area contributed by atoms with Crippen LogP contribution in [0.4, 0.5) is 4.39 Å². The zero-order valence-electron chi connectivity index (χ0n) is 15.5. The smallest absolute Gasteiger partial charge is 0.339 e. The Labute approximate surface area is 167 Å². The topological polar surface area (TPSA) is 84.0 Å². The number of sulfonamides is 1. The van der Waals surface area contributed by atoms with E-state index in [1.807, 2.05) is 0 Å². The number of piperazine rings is 1. The largest absolute Gasteiger partial charge is 0.453 e. The standard InChI is InChI=1S/C20H19FN2O5S/c21-16-7-3-4-8-18(16)29(26,27)23-11-9-22(10-12-23)19(24)13-17-14-5-1-2-6-15(14)20(25)28-17/h1-8,17H,9-13H2/t17-/m0/s1. The molecule has 0 aliphatic carbocycles. The molecule has 1 amide bonds. The molecule has 1 saturated heterocycles. The predicted molar refractivity (Wildman–Crippen MR) is 101 cm³/mol. The van der Waals surface area contributed by atoms with Gasteiger partial charge in [0.1, 0.15) is 16.8 Å². The van der Waals surface area contributed by atoms with Gasteiger partial charge < -0.3 is 9.64 Å². The molecule has 1 fully saturated rings. The molecule has 2 aromatic carbocycles. The summed E-state index contributed by atoms with van der Waals surface area (Å²) in [6, 6.07) is 12.2. The third kappa shape index (κ3) is 3.63. The second kappa shape index (κ2) is 7.57. The number of ether oxygens (including phenoxy) is 1. The molecule has 0 bridgehead atoms. The van der Waals surface area contributed by atoms with E-state index in [0.717, 1.165) is 6.07 Å². The third-order valence-corrected chi connectivity index (χ3v) is 7.11.